The Kier molecular flexibility index (Phi) is 6.10. The SMILES string of the molecule is C=CCn1c(SCC(=O)NCc2cccnc2)nc2sc3c(c2c1=O)CCCC3. The first kappa shape index (κ1) is 19.8. The van der Waals surface area contributed by atoms with Gasteiger partial charge in [-0.25, -0.2) is 4.98 Å². The lowest BCUT2D eigenvalue weighted by Gasteiger charge is -2.12. The molecule has 0 atom stereocenters. The van der Waals surface area contributed by atoms with E-state index in [0.29, 0.717) is 18.2 Å². The number of hydrogen-bond donors (Lipinski definition) is 1. The van der Waals surface area contributed by atoms with Crippen molar-refractivity contribution < 1.29 is 4.79 Å². The first-order valence-electron chi connectivity index (χ1n) is 9.61. The average Bonchev–Trinajstić information content (AvgIpc) is 3.12. The molecular formula is C21H22N4O2S2. The van der Waals surface area contributed by atoms with Crippen LogP contribution in [0.2, 0.25) is 0 Å². The van der Waals surface area contributed by atoms with Gasteiger partial charge in [-0.3, -0.25) is 19.1 Å². The molecule has 0 spiro atoms. The number of amides is 1. The van der Waals surface area contributed by atoms with Gasteiger partial charge in [0.25, 0.3) is 5.56 Å². The minimum atomic E-state index is -0.108. The van der Waals surface area contributed by atoms with Crippen molar-refractivity contribution in [3.05, 3.63) is 63.5 Å². The Morgan fingerprint density at radius 3 is 3.03 bits per heavy atom. The second-order valence-electron chi connectivity index (χ2n) is 6.92. The maximum Gasteiger partial charge on any atom is 0.263 e. The Labute approximate surface area is 177 Å². The molecule has 150 valence electrons. The van der Waals surface area contributed by atoms with Crippen molar-refractivity contribution in [1.29, 1.82) is 0 Å². The largest absolute Gasteiger partial charge is 0.351 e. The van der Waals surface area contributed by atoms with Crippen LogP contribution in [0, 0.1) is 0 Å². The predicted octanol–water partition coefficient (Wildman–Crippen LogP) is 3.33. The Morgan fingerprint density at radius 2 is 2.24 bits per heavy atom. The Morgan fingerprint density at radius 1 is 1.38 bits per heavy atom. The van der Waals surface area contributed by atoms with E-state index in [0.717, 1.165) is 35.0 Å². The van der Waals surface area contributed by atoms with Crippen LogP contribution in [0.4, 0.5) is 0 Å². The topological polar surface area (TPSA) is 76.9 Å². The van der Waals surface area contributed by atoms with Gasteiger partial charge in [-0.2, -0.15) is 0 Å². The highest BCUT2D eigenvalue weighted by Crippen LogP contribution is 2.34. The van der Waals surface area contributed by atoms with E-state index in [9.17, 15) is 9.59 Å². The van der Waals surface area contributed by atoms with Crippen LogP contribution in [0.25, 0.3) is 10.2 Å². The smallest absolute Gasteiger partial charge is 0.263 e. The number of allylic oxidation sites excluding steroid dienone is 1. The van der Waals surface area contributed by atoms with Gasteiger partial charge in [0, 0.05) is 30.4 Å². The number of thiophene rings is 1. The van der Waals surface area contributed by atoms with Gasteiger partial charge in [0.15, 0.2) is 5.16 Å². The molecule has 3 heterocycles. The van der Waals surface area contributed by atoms with Crippen molar-refractivity contribution in [2.75, 3.05) is 5.75 Å². The van der Waals surface area contributed by atoms with Crippen LogP contribution in [0.3, 0.4) is 0 Å². The van der Waals surface area contributed by atoms with Crippen molar-refractivity contribution in [1.82, 2.24) is 19.9 Å². The highest BCUT2D eigenvalue weighted by molar-refractivity contribution is 7.99. The molecule has 1 amide bonds. The molecule has 0 aliphatic heterocycles. The molecule has 0 radical (unpaired) electrons. The molecule has 0 fully saturated rings. The van der Waals surface area contributed by atoms with Gasteiger partial charge in [0.2, 0.25) is 5.91 Å². The van der Waals surface area contributed by atoms with Crippen molar-refractivity contribution in [3.63, 3.8) is 0 Å². The zero-order valence-corrected chi connectivity index (χ0v) is 17.7. The molecule has 3 aromatic heterocycles. The molecule has 3 aromatic rings. The van der Waals surface area contributed by atoms with E-state index in [1.807, 2.05) is 12.1 Å². The average molecular weight is 427 g/mol. The van der Waals surface area contributed by atoms with Crippen LogP contribution >= 0.6 is 23.1 Å². The molecule has 0 aromatic carbocycles. The van der Waals surface area contributed by atoms with E-state index in [4.69, 9.17) is 4.98 Å². The number of carbonyl (C=O) groups is 1. The lowest BCUT2D eigenvalue weighted by atomic mass is 9.97. The van der Waals surface area contributed by atoms with Gasteiger partial charge in [0.05, 0.1) is 11.1 Å². The minimum absolute atomic E-state index is 0.0208. The Hall–Kier alpha value is -2.45. The fourth-order valence-electron chi connectivity index (χ4n) is 3.50. The molecule has 4 rings (SSSR count). The van der Waals surface area contributed by atoms with Gasteiger partial charge in [-0.15, -0.1) is 17.9 Å². The zero-order chi connectivity index (χ0) is 20.2. The van der Waals surface area contributed by atoms with Gasteiger partial charge in [0.1, 0.15) is 4.83 Å². The molecule has 1 aliphatic carbocycles. The fourth-order valence-corrected chi connectivity index (χ4v) is 5.65. The summed E-state index contributed by atoms with van der Waals surface area (Å²) in [5.41, 5.74) is 2.10. The molecule has 0 bridgehead atoms. The van der Waals surface area contributed by atoms with Gasteiger partial charge < -0.3 is 5.32 Å². The molecule has 8 heteroatoms. The number of hydrogen-bond acceptors (Lipinski definition) is 6. The lowest BCUT2D eigenvalue weighted by Crippen LogP contribution is -2.26. The monoisotopic (exact) mass is 426 g/mol. The second-order valence-corrected chi connectivity index (χ2v) is 8.94. The normalized spacial score (nSPS) is 13.2. The highest BCUT2D eigenvalue weighted by atomic mass is 32.2. The van der Waals surface area contributed by atoms with E-state index in [2.05, 4.69) is 16.9 Å². The van der Waals surface area contributed by atoms with Gasteiger partial charge in [-0.05, 0) is 42.9 Å². The third-order valence-electron chi connectivity index (χ3n) is 4.90. The molecule has 1 N–H and O–H groups in total. The number of aryl methyl sites for hydroxylation is 2. The number of pyridine rings is 1. The number of thioether (sulfide) groups is 1. The summed E-state index contributed by atoms with van der Waals surface area (Å²) in [7, 11) is 0. The van der Waals surface area contributed by atoms with Crippen LogP contribution in [0.5, 0.6) is 0 Å². The number of carbonyl (C=O) groups excluding carboxylic acids is 1. The first-order chi connectivity index (χ1) is 14.2. The van der Waals surface area contributed by atoms with E-state index < -0.39 is 0 Å². The summed E-state index contributed by atoms with van der Waals surface area (Å²) in [5.74, 6) is 0.0873. The maximum absolute atomic E-state index is 13.2. The van der Waals surface area contributed by atoms with Crippen LogP contribution in [-0.2, 0) is 30.7 Å². The number of fused-ring (bicyclic) bond motifs is 3. The van der Waals surface area contributed by atoms with Gasteiger partial charge >= 0.3 is 0 Å². The summed E-state index contributed by atoms with van der Waals surface area (Å²) in [6.07, 6.45) is 9.38. The molecule has 1 aliphatic rings. The van der Waals surface area contributed by atoms with Crippen LogP contribution in [0.15, 0.2) is 47.1 Å². The number of rotatable bonds is 7. The van der Waals surface area contributed by atoms with Gasteiger partial charge in [-0.1, -0.05) is 23.9 Å². The molecular weight excluding hydrogens is 404 g/mol. The quantitative estimate of drug-likeness (QED) is 0.356. The van der Waals surface area contributed by atoms with E-state index in [-0.39, 0.29) is 17.2 Å². The highest BCUT2D eigenvalue weighted by Gasteiger charge is 2.22. The number of nitrogens with zero attached hydrogens (tertiary/aromatic N) is 3. The summed E-state index contributed by atoms with van der Waals surface area (Å²) >= 11 is 2.91. The summed E-state index contributed by atoms with van der Waals surface area (Å²) < 4.78 is 1.63. The van der Waals surface area contributed by atoms with Crippen molar-refractivity contribution in [3.8, 4) is 0 Å². The van der Waals surface area contributed by atoms with E-state index >= 15 is 0 Å². The van der Waals surface area contributed by atoms with Crippen molar-refractivity contribution >= 4 is 39.2 Å². The lowest BCUT2D eigenvalue weighted by molar-refractivity contribution is -0.118. The summed E-state index contributed by atoms with van der Waals surface area (Å²) in [4.78, 5) is 36.3. The Bertz CT molecular complexity index is 1110. The molecule has 0 saturated carbocycles. The maximum atomic E-state index is 13.2. The van der Waals surface area contributed by atoms with E-state index in [1.165, 1.54) is 28.6 Å². The van der Waals surface area contributed by atoms with Crippen LogP contribution in [-0.4, -0.2) is 26.2 Å². The van der Waals surface area contributed by atoms with Crippen LogP contribution < -0.4 is 10.9 Å². The second kappa shape index (κ2) is 8.92. The summed E-state index contributed by atoms with van der Waals surface area (Å²) in [6, 6.07) is 3.75. The summed E-state index contributed by atoms with van der Waals surface area (Å²) in [5, 5.41) is 4.21. The third-order valence-corrected chi connectivity index (χ3v) is 7.06. The van der Waals surface area contributed by atoms with E-state index in [1.54, 1.807) is 34.4 Å². The number of aromatic nitrogens is 3. The third kappa shape index (κ3) is 4.28. The van der Waals surface area contributed by atoms with Crippen molar-refractivity contribution in [2.45, 2.75) is 43.9 Å². The molecule has 0 saturated heterocycles. The Balaban J connectivity index is 1.54. The fraction of sp³-hybridized carbons (Fsp3) is 0.333. The first-order valence-corrected chi connectivity index (χ1v) is 11.4. The molecule has 6 nitrogen and oxygen atoms in total. The molecule has 29 heavy (non-hydrogen) atoms. The molecule has 0 unspecified atom stereocenters. The predicted molar refractivity (Wildman–Crippen MR) is 118 cm³/mol. The summed E-state index contributed by atoms with van der Waals surface area (Å²) in [6.45, 7) is 4.58. The minimum Gasteiger partial charge on any atom is -0.351 e. The number of nitrogens with one attached hydrogen (secondary N) is 1. The standard InChI is InChI=1S/C21H22N4O2S2/c1-2-10-25-20(27)18-15-7-3-4-8-16(15)29-19(18)24-21(25)28-13-17(26)23-12-14-6-5-9-22-11-14/h2,5-6,9,11H,1,3-4,7-8,10,12-13H2,(H,23,26). The van der Waals surface area contributed by atoms with Crippen molar-refractivity contribution in [2.24, 2.45) is 0 Å². The van der Waals surface area contributed by atoms with Crippen LogP contribution in [0.1, 0.15) is 28.8 Å². The zero-order valence-electron chi connectivity index (χ0n) is 16.0.